The highest BCUT2D eigenvalue weighted by molar-refractivity contribution is 7.89. The molecule has 0 N–H and O–H groups in total. The maximum atomic E-state index is 12.2. The highest BCUT2D eigenvalue weighted by atomic mass is 35.5. The Morgan fingerprint density at radius 1 is 1.38 bits per heavy atom. The molecule has 96 valence electrons. The Bertz CT molecular complexity index is 318. The number of hydrogen-bond donors (Lipinski definition) is 0. The number of nitrogens with zero attached hydrogens (tertiary/aromatic N) is 1. The van der Waals surface area contributed by atoms with Gasteiger partial charge in [0.05, 0.1) is 5.75 Å². The number of sulfonamides is 1. The second kappa shape index (κ2) is 5.69. The average molecular weight is 268 g/mol. The van der Waals surface area contributed by atoms with Gasteiger partial charge in [-0.25, -0.2) is 8.42 Å². The van der Waals surface area contributed by atoms with E-state index in [0.717, 1.165) is 12.8 Å². The van der Waals surface area contributed by atoms with Gasteiger partial charge >= 0.3 is 0 Å². The van der Waals surface area contributed by atoms with Crippen LogP contribution in [-0.4, -0.2) is 36.9 Å². The standard InChI is InChI=1S/C11H22ClNO2S/c1-9-4-5-11(3)13(7-9)16(14,15)8-10(2)6-12/h9-11H,4-8H2,1-3H3. The lowest BCUT2D eigenvalue weighted by Crippen LogP contribution is -2.46. The van der Waals surface area contributed by atoms with Gasteiger partial charge in [0.1, 0.15) is 0 Å². The van der Waals surface area contributed by atoms with Crippen molar-refractivity contribution in [3.05, 3.63) is 0 Å². The third-order valence-corrected chi connectivity index (χ3v) is 5.92. The van der Waals surface area contributed by atoms with Crippen molar-refractivity contribution in [1.29, 1.82) is 0 Å². The molecule has 3 unspecified atom stereocenters. The molecule has 1 saturated heterocycles. The zero-order chi connectivity index (χ0) is 12.3. The normalized spacial score (nSPS) is 30.2. The van der Waals surface area contributed by atoms with Crippen molar-refractivity contribution >= 4 is 21.6 Å². The van der Waals surface area contributed by atoms with Crippen LogP contribution in [0.4, 0.5) is 0 Å². The quantitative estimate of drug-likeness (QED) is 0.733. The molecule has 5 heteroatoms. The van der Waals surface area contributed by atoms with Crippen LogP contribution in [0.25, 0.3) is 0 Å². The van der Waals surface area contributed by atoms with Gasteiger partial charge in [0.2, 0.25) is 10.0 Å². The largest absolute Gasteiger partial charge is 0.214 e. The van der Waals surface area contributed by atoms with Gasteiger partial charge in [0, 0.05) is 18.5 Å². The van der Waals surface area contributed by atoms with E-state index in [1.807, 2.05) is 13.8 Å². The average Bonchev–Trinajstić information content (AvgIpc) is 2.20. The van der Waals surface area contributed by atoms with E-state index >= 15 is 0 Å². The van der Waals surface area contributed by atoms with Gasteiger partial charge in [-0.2, -0.15) is 4.31 Å². The van der Waals surface area contributed by atoms with Crippen LogP contribution in [0, 0.1) is 11.8 Å². The van der Waals surface area contributed by atoms with E-state index in [9.17, 15) is 8.42 Å². The van der Waals surface area contributed by atoms with Crippen LogP contribution in [0.1, 0.15) is 33.6 Å². The molecule has 3 nitrogen and oxygen atoms in total. The van der Waals surface area contributed by atoms with Crippen molar-refractivity contribution in [2.45, 2.75) is 39.7 Å². The van der Waals surface area contributed by atoms with Crippen LogP contribution >= 0.6 is 11.6 Å². The highest BCUT2D eigenvalue weighted by Crippen LogP contribution is 2.25. The van der Waals surface area contributed by atoms with Gasteiger partial charge in [0.15, 0.2) is 0 Å². The minimum Gasteiger partial charge on any atom is -0.212 e. The number of halogens is 1. The molecular weight excluding hydrogens is 246 g/mol. The van der Waals surface area contributed by atoms with E-state index in [-0.39, 0.29) is 17.7 Å². The Labute approximate surface area is 104 Å². The third kappa shape index (κ3) is 3.60. The van der Waals surface area contributed by atoms with Gasteiger partial charge in [-0.1, -0.05) is 13.8 Å². The smallest absolute Gasteiger partial charge is 0.212 e. The summed E-state index contributed by atoms with van der Waals surface area (Å²) in [7, 11) is -3.13. The summed E-state index contributed by atoms with van der Waals surface area (Å²) in [6.07, 6.45) is 2.09. The van der Waals surface area contributed by atoms with Crippen molar-refractivity contribution in [3.63, 3.8) is 0 Å². The van der Waals surface area contributed by atoms with Gasteiger partial charge in [-0.3, -0.25) is 0 Å². The van der Waals surface area contributed by atoms with Crippen LogP contribution < -0.4 is 0 Å². The first-order valence-electron chi connectivity index (χ1n) is 5.92. The minimum atomic E-state index is -3.13. The van der Waals surface area contributed by atoms with Crippen LogP contribution in [-0.2, 0) is 10.0 Å². The van der Waals surface area contributed by atoms with Crippen molar-refractivity contribution < 1.29 is 8.42 Å². The Balaban J connectivity index is 2.73. The Morgan fingerprint density at radius 2 is 2.00 bits per heavy atom. The fourth-order valence-corrected chi connectivity index (χ4v) is 4.54. The van der Waals surface area contributed by atoms with Crippen LogP contribution in [0.2, 0.25) is 0 Å². The van der Waals surface area contributed by atoms with Crippen molar-refractivity contribution in [2.75, 3.05) is 18.2 Å². The van der Waals surface area contributed by atoms with Gasteiger partial charge < -0.3 is 0 Å². The van der Waals surface area contributed by atoms with Crippen LogP contribution in [0.15, 0.2) is 0 Å². The van der Waals surface area contributed by atoms with E-state index in [2.05, 4.69) is 6.92 Å². The lowest BCUT2D eigenvalue weighted by molar-refractivity contribution is 0.217. The van der Waals surface area contributed by atoms with Gasteiger partial charge in [-0.05, 0) is 31.6 Å². The molecule has 1 heterocycles. The summed E-state index contributed by atoms with van der Waals surface area (Å²) in [6.45, 7) is 6.65. The molecule has 0 aromatic rings. The van der Waals surface area contributed by atoms with E-state index in [1.54, 1.807) is 4.31 Å². The topological polar surface area (TPSA) is 37.4 Å². The molecule has 0 spiro atoms. The molecule has 0 radical (unpaired) electrons. The highest BCUT2D eigenvalue weighted by Gasteiger charge is 2.32. The predicted octanol–water partition coefficient (Wildman–Crippen LogP) is 2.31. The summed E-state index contributed by atoms with van der Waals surface area (Å²) < 4.78 is 26.0. The molecule has 3 atom stereocenters. The molecule has 1 fully saturated rings. The summed E-state index contributed by atoms with van der Waals surface area (Å²) in [5.74, 6) is 1.07. The number of hydrogen-bond acceptors (Lipinski definition) is 2. The number of piperidine rings is 1. The number of alkyl halides is 1. The van der Waals surface area contributed by atoms with Crippen molar-refractivity contribution in [3.8, 4) is 0 Å². The molecule has 0 aromatic carbocycles. The second-order valence-electron chi connectivity index (χ2n) is 5.14. The van der Waals surface area contributed by atoms with Crippen molar-refractivity contribution in [1.82, 2.24) is 4.31 Å². The first-order chi connectivity index (χ1) is 7.36. The van der Waals surface area contributed by atoms with E-state index in [0.29, 0.717) is 18.3 Å². The molecule has 1 rings (SSSR count). The molecule has 0 aromatic heterocycles. The molecule has 0 saturated carbocycles. The minimum absolute atomic E-state index is 0.0242. The maximum absolute atomic E-state index is 12.2. The SMILES string of the molecule is CC1CCC(C)N(S(=O)(=O)CC(C)CCl)C1. The summed E-state index contributed by atoms with van der Waals surface area (Å²) >= 11 is 5.68. The molecule has 0 aliphatic carbocycles. The van der Waals surface area contributed by atoms with Crippen LogP contribution in [0.3, 0.4) is 0 Å². The first kappa shape index (κ1) is 14.3. The van der Waals surface area contributed by atoms with Crippen molar-refractivity contribution in [2.24, 2.45) is 11.8 Å². The summed E-state index contributed by atoms with van der Waals surface area (Å²) in [4.78, 5) is 0. The zero-order valence-corrected chi connectivity index (χ0v) is 11.9. The lowest BCUT2D eigenvalue weighted by Gasteiger charge is -2.36. The molecule has 0 amide bonds. The Kier molecular flexibility index (Phi) is 5.08. The third-order valence-electron chi connectivity index (χ3n) is 3.18. The van der Waals surface area contributed by atoms with E-state index in [4.69, 9.17) is 11.6 Å². The summed E-state index contributed by atoms with van der Waals surface area (Å²) in [6, 6.07) is 0.142. The maximum Gasteiger partial charge on any atom is 0.214 e. The van der Waals surface area contributed by atoms with Gasteiger partial charge in [-0.15, -0.1) is 11.6 Å². The number of rotatable bonds is 4. The zero-order valence-electron chi connectivity index (χ0n) is 10.3. The second-order valence-corrected chi connectivity index (χ2v) is 7.41. The summed E-state index contributed by atoms with van der Waals surface area (Å²) in [5.41, 5.74) is 0. The molecule has 16 heavy (non-hydrogen) atoms. The lowest BCUT2D eigenvalue weighted by atomic mass is 9.97. The Morgan fingerprint density at radius 3 is 2.56 bits per heavy atom. The first-order valence-corrected chi connectivity index (χ1v) is 8.06. The molecule has 0 bridgehead atoms. The molecule has 1 aliphatic rings. The predicted molar refractivity (Wildman–Crippen MR) is 68.2 cm³/mol. The van der Waals surface area contributed by atoms with E-state index in [1.165, 1.54) is 0 Å². The molecule has 1 aliphatic heterocycles. The summed E-state index contributed by atoms with van der Waals surface area (Å²) in [5, 5.41) is 0. The van der Waals surface area contributed by atoms with E-state index < -0.39 is 10.0 Å². The monoisotopic (exact) mass is 267 g/mol. The molecular formula is C11H22ClNO2S. The fraction of sp³-hybridized carbons (Fsp3) is 1.00. The fourth-order valence-electron chi connectivity index (χ4n) is 2.14. The van der Waals surface area contributed by atoms with Crippen LogP contribution in [0.5, 0.6) is 0 Å². The van der Waals surface area contributed by atoms with Gasteiger partial charge in [0.25, 0.3) is 0 Å². The Hall–Kier alpha value is 0.200.